The van der Waals surface area contributed by atoms with E-state index in [1.807, 2.05) is 12.1 Å². The van der Waals surface area contributed by atoms with Crippen molar-refractivity contribution in [1.82, 2.24) is 15.6 Å². The Morgan fingerprint density at radius 3 is 2.95 bits per heavy atom. The van der Waals surface area contributed by atoms with Gasteiger partial charge in [0.1, 0.15) is 0 Å². The average molecular weight is 303 g/mol. The van der Waals surface area contributed by atoms with Gasteiger partial charge < -0.3 is 15.4 Å². The molecule has 6 nitrogen and oxygen atoms in total. The molecule has 1 aromatic rings. The first-order valence-corrected chi connectivity index (χ1v) is 7.72. The molecule has 0 spiro atoms. The van der Waals surface area contributed by atoms with Gasteiger partial charge >= 0.3 is 0 Å². The minimum atomic E-state index is -0.104. The van der Waals surface area contributed by atoms with Crippen molar-refractivity contribution in [3.63, 3.8) is 0 Å². The van der Waals surface area contributed by atoms with Crippen LogP contribution >= 0.6 is 0 Å². The van der Waals surface area contributed by atoms with Crippen LogP contribution in [0, 0.1) is 5.92 Å². The fourth-order valence-corrected chi connectivity index (χ4v) is 3.37. The van der Waals surface area contributed by atoms with Crippen LogP contribution in [0.5, 0.6) is 0 Å². The van der Waals surface area contributed by atoms with Crippen LogP contribution in [-0.4, -0.2) is 41.6 Å². The third kappa shape index (κ3) is 3.11. The van der Waals surface area contributed by atoms with E-state index in [1.54, 1.807) is 12.4 Å². The second-order valence-corrected chi connectivity index (χ2v) is 5.97. The molecule has 1 saturated carbocycles. The molecule has 2 heterocycles. The minimum Gasteiger partial charge on any atom is -0.376 e. The minimum absolute atomic E-state index is 0.00885. The predicted octanol–water partition coefficient (Wildman–Crippen LogP) is 0.422. The molecule has 1 aromatic heterocycles. The third-order valence-electron chi connectivity index (χ3n) is 4.45. The number of aromatic nitrogens is 1. The van der Waals surface area contributed by atoms with Crippen LogP contribution in [0.25, 0.3) is 0 Å². The summed E-state index contributed by atoms with van der Waals surface area (Å²) in [5.41, 5.74) is 1.05. The van der Waals surface area contributed by atoms with E-state index in [-0.39, 0.29) is 30.0 Å². The molecule has 3 rings (SSSR count). The van der Waals surface area contributed by atoms with Crippen molar-refractivity contribution in [2.75, 3.05) is 6.61 Å². The Morgan fingerprint density at radius 2 is 2.23 bits per heavy atom. The molecule has 0 bridgehead atoms. The molecule has 4 atom stereocenters. The number of nitrogens with zero attached hydrogens (tertiary/aromatic N) is 1. The molecular weight excluding hydrogens is 282 g/mol. The van der Waals surface area contributed by atoms with Gasteiger partial charge in [-0.2, -0.15) is 0 Å². The van der Waals surface area contributed by atoms with Crippen molar-refractivity contribution < 1.29 is 14.3 Å². The zero-order valence-corrected chi connectivity index (χ0v) is 12.6. The first-order valence-electron chi connectivity index (χ1n) is 7.72. The largest absolute Gasteiger partial charge is 0.376 e. The van der Waals surface area contributed by atoms with Crippen molar-refractivity contribution >= 4 is 11.8 Å². The number of aryl methyl sites for hydroxylation is 1. The molecule has 0 radical (unpaired) electrons. The zero-order valence-electron chi connectivity index (χ0n) is 12.6. The summed E-state index contributed by atoms with van der Waals surface area (Å²) in [7, 11) is 0. The normalized spacial score (nSPS) is 29.3. The van der Waals surface area contributed by atoms with E-state index in [2.05, 4.69) is 15.6 Å². The fourth-order valence-electron chi connectivity index (χ4n) is 3.37. The summed E-state index contributed by atoms with van der Waals surface area (Å²) in [5.74, 6) is 0.238. The van der Waals surface area contributed by atoms with Crippen molar-refractivity contribution in [2.45, 2.75) is 44.4 Å². The molecule has 1 saturated heterocycles. The van der Waals surface area contributed by atoms with Gasteiger partial charge in [0.15, 0.2) is 0 Å². The molecule has 118 valence electrons. The van der Waals surface area contributed by atoms with Gasteiger partial charge in [-0.05, 0) is 24.5 Å². The lowest BCUT2D eigenvalue weighted by molar-refractivity contribution is -0.130. The smallest absolute Gasteiger partial charge is 0.220 e. The summed E-state index contributed by atoms with van der Waals surface area (Å²) in [6.07, 6.45) is 5.57. The molecule has 0 unspecified atom stereocenters. The first kappa shape index (κ1) is 15.0. The van der Waals surface area contributed by atoms with Crippen LogP contribution in [0.1, 0.15) is 25.3 Å². The van der Waals surface area contributed by atoms with Crippen molar-refractivity contribution in [3.05, 3.63) is 30.1 Å². The number of fused-ring (bicyclic) bond motifs is 1. The maximum absolute atomic E-state index is 12.2. The number of hydrogen-bond acceptors (Lipinski definition) is 4. The third-order valence-corrected chi connectivity index (χ3v) is 4.45. The average Bonchev–Trinajstić information content (AvgIpc) is 2.94. The molecule has 2 amide bonds. The Morgan fingerprint density at radius 1 is 1.36 bits per heavy atom. The number of carbonyl (C=O) groups is 2. The van der Waals surface area contributed by atoms with E-state index in [0.717, 1.165) is 12.0 Å². The lowest BCUT2D eigenvalue weighted by atomic mass is 9.71. The summed E-state index contributed by atoms with van der Waals surface area (Å²) in [5, 5.41) is 5.95. The quantitative estimate of drug-likeness (QED) is 0.826. The molecule has 22 heavy (non-hydrogen) atoms. The van der Waals surface area contributed by atoms with E-state index in [0.29, 0.717) is 25.4 Å². The van der Waals surface area contributed by atoms with Crippen LogP contribution < -0.4 is 10.6 Å². The monoisotopic (exact) mass is 303 g/mol. The molecule has 2 aliphatic rings. The van der Waals surface area contributed by atoms with Gasteiger partial charge in [0.05, 0.1) is 18.2 Å². The SMILES string of the molecule is CC(=O)N[C@H]1[C@H](NC(=O)CCc2cccnc2)[C@@H]2CCO[C@@H]21. The number of carbonyl (C=O) groups excluding carboxylic acids is 2. The molecule has 2 fully saturated rings. The Kier molecular flexibility index (Phi) is 4.38. The van der Waals surface area contributed by atoms with Gasteiger partial charge in [0, 0.05) is 38.3 Å². The second-order valence-electron chi connectivity index (χ2n) is 5.97. The van der Waals surface area contributed by atoms with Gasteiger partial charge in [-0.1, -0.05) is 6.07 Å². The number of hydrogen-bond donors (Lipinski definition) is 2. The molecule has 0 aromatic carbocycles. The highest BCUT2D eigenvalue weighted by molar-refractivity contribution is 5.77. The van der Waals surface area contributed by atoms with Gasteiger partial charge in [-0.15, -0.1) is 0 Å². The summed E-state index contributed by atoms with van der Waals surface area (Å²) >= 11 is 0. The van der Waals surface area contributed by atoms with E-state index in [1.165, 1.54) is 6.92 Å². The van der Waals surface area contributed by atoms with Gasteiger partial charge in [0.2, 0.25) is 11.8 Å². The number of ether oxygens (including phenoxy) is 1. The number of rotatable bonds is 5. The summed E-state index contributed by atoms with van der Waals surface area (Å²) in [4.78, 5) is 27.5. The van der Waals surface area contributed by atoms with E-state index in [4.69, 9.17) is 4.74 Å². The van der Waals surface area contributed by atoms with Crippen LogP contribution in [0.2, 0.25) is 0 Å². The molecular formula is C16H21N3O3. The van der Waals surface area contributed by atoms with Crippen LogP contribution in [0.3, 0.4) is 0 Å². The molecule has 2 N–H and O–H groups in total. The highest BCUT2D eigenvalue weighted by atomic mass is 16.5. The Balaban J connectivity index is 1.52. The maximum atomic E-state index is 12.2. The molecule has 1 aliphatic heterocycles. The van der Waals surface area contributed by atoms with E-state index >= 15 is 0 Å². The highest BCUT2D eigenvalue weighted by Crippen LogP contribution is 2.39. The van der Waals surface area contributed by atoms with E-state index < -0.39 is 0 Å². The van der Waals surface area contributed by atoms with E-state index in [9.17, 15) is 9.59 Å². The topological polar surface area (TPSA) is 80.3 Å². The van der Waals surface area contributed by atoms with Gasteiger partial charge in [-0.25, -0.2) is 0 Å². The predicted molar refractivity (Wildman–Crippen MR) is 79.9 cm³/mol. The Labute approximate surface area is 129 Å². The standard InChI is InChI=1S/C16H21N3O3/c1-10(20)18-15-14(12-6-8-22-16(12)15)19-13(21)5-4-11-3-2-7-17-9-11/h2-3,7,9,12,14-16H,4-6,8H2,1H3,(H,18,20)(H,19,21)/t12-,14+,15-,16-/m0/s1. The number of nitrogens with one attached hydrogen (secondary N) is 2. The van der Waals surface area contributed by atoms with Crippen molar-refractivity contribution in [3.8, 4) is 0 Å². The Bertz CT molecular complexity index is 549. The lowest BCUT2D eigenvalue weighted by Crippen LogP contribution is -2.70. The number of pyridine rings is 1. The summed E-state index contributed by atoms with van der Waals surface area (Å²) < 4.78 is 5.63. The second kappa shape index (κ2) is 6.44. The van der Waals surface area contributed by atoms with Crippen molar-refractivity contribution in [2.24, 2.45) is 5.92 Å². The van der Waals surface area contributed by atoms with Gasteiger partial charge in [-0.3, -0.25) is 14.6 Å². The lowest BCUT2D eigenvalue weighted by Gasteiger charge is -2.47. The maximum Gasteiger partial charge on any atom is 0.220 e. The summed E-state index contributed by atoms with van der Waals surface area (Å²) in [6.45, 7) is 2.19. The highest BCUT2D eigenvalue weighted by Gasteiger charge is 2.54. The molecule has 1 aliphatic carbocycles. The van der Waals surface area contributed by atoms with Gasteiger partial charge in [0.25, 0.3) is 0 Å². The van der Waals surface area contributed by atoms with Crippen LogP contribution in [0.4, 0.5) is 0 Å². The molecule has 6 heteroatoms. The van der Waals surface area contributed by atoms with Crippen LogP contribution in [0.15, 0.2) is 24.5 Å². The van der Waals surface area contributed by atoms with Crippen molar-refractivity contribution in [1.29, 1.82) is 0 Å². The number of amides is 2. The van der Waals surface area contributed by atoms with Crippen LogP contribution in [-0.2, 0) is 20.7 Å². The Hall–Kier alpha value is -1.95. The zero-order chi connectivity index (χ0) is 15.5. The summed E-state index contributed by atoms with van der Waals surface area (Å²) in [6, 6.07) is 3.71. The first-order chi connectivity index (χ1) is 10.6. The fraction of sp³-hybridized carbons (Fsp3) is 0.562.